The van der Waals surface area contributed by atoms with E-state index >= 15 is 0 Å². The van der Waals surface area contributed by atoms with Crippen molar-refractivity contribution in [3.8, 4) is 0 Å². The molecule has 3 heteroatoms. The molecule has 3 unspecified atom stereocenters. The van der Waals surface area contributed by atoms with Gasteiger partial charge in [0.05, 0.1) is 0 Å². The van der Waals surface area contributed by atoms with Crippen LogP contribution in [-0.2, 0) is 0 Å². The van der Waals surface area contributed by atoms with E-state index in [0.29, 0.717) is 23.9 Å². The fourth-order valence-electron chi connectivity index (χ4n) is 3.90. The lowest BCUT2D eigenvalue weighted by Crippen LogP contribution is -2.60. The van der Waals surface area contributed by atoms with Gasteiger partial charge < -0.3 is 5.32 Å². The molecule has 1 aliphatic heterocycles. The highest BCUT2D eigenvalue weighted by Crippen LogP contribution is 2.40. The molecule has 2 fully saturated rings. The maximum absolute atomic E-state index is 3.84. The van der Waals surface area contributed by atoms with Gasteiger partial charge in [-0.3, -0.25) is 4.90 Å². The van der Waals surface area contributed by atoms with E-state index in [4.69, 9.17) is 0 Å². The van der Waals surface area contributed by atoms with Crippen molar-refractivity contribution < 1.29 is 0 Å². The van der Waals surface area contributed by atoms with Crippen LogP contribution in [0.15, 0.2) is 17.5 Å². The second kappa shape index (κ2) is 6.39. The SMILES string of the molecule is CC(C)C1CNC(C2CC2)CN1C(c1cccs1)C(C)C. The van der Waals surface area contributed by atoms with Gasteiger partial charge in [0.2, 0.25) is 0 Å². The van der Waals surface area contributed by atoms with Gasteiger partial charge in [-0.05, 0) is 42.0 Å². The molecule has 118 valence electrons. The Kier molecular flexibility index (Phi) is 4.72. The molecule has 1 aliphatic carbocycles. The summed E-state index contributed by atoms with van der Waals surface area (Å²) in [5.74, 6) is 2.32. The standard InChI is InChI=1S/C18H30N2S/c1-12(2)16-10-19-15(14-7-8-14)11-20(16)18(13(3)4)17-6-5-9-21-17/h5-6,9,12-16,18-19H,7-8,10-11H2,1-4H3. The predicted molar refractivity (Wildman–Crippen MR) is 91.7 cm³/mol. The number of nitrogens with one attached hydrogen (secondary N) is 1. The molecule has 1 aromatic rings. The number of nitrogens with zero attached hydrogens (tertiary/aromatic N) is 1. The zero-order chi connectivity index (χ0) is 15.0. The second-order valence-electron chi connectivity index (χ2n) is 7.56. The zero-order valence-corrected chi connectivity index (χ0v) is 14.7. The average molecular weight is 307 g/mol. The Hall–Kier alpha value is -0.380. The van der Waals surface area contributed by atoms with Crippen LogP contribution >= 0.6 is 11.3 Å². The van der Waals surface area contributed by atoms with Crippen LogP contribution in [0.25, 0.3) is 0 Å². The van der Waals surface area contributed by atoms with Crippen LogP contribution < -0.4 is 5.32 Å². The number of hydrogen-bond acceptors (Lipinski definition) is 3. The van der Waals surface area contributed by atoms with Gasteiger partial charge in [-0.15, -0.1) is 11.3 Å². The highest BCUT2D eigenvalue weighted by molar-refractivity contribution is 7.10. The molecule has 1 N–H and O–H groups in total. The Morgan fingerprint density at radius 3 is 2.52 bits per heavy atom. The lowest BCUT2D eigenvalue weighted by Gasteiger charge is -2.47. The molecule has 0 radical (unpaired) electrons. The Bertz CT molecular complexity index is 436. The van der Waals surface area contributed by atoms with Crippen molar-refractivity contribution in [3.05, 3.63) is 22.4 Å². The summed E-state index contributed by atoms with van der Waals surface area (Å²) in [5, 5.41) is 6.08. The third-order valence-electron chi connectivity index (χ3n) is 5.21. The highest BCUT2D eigenvalue weighted by atomic mass is 32.1. The van der Waals surface area contributed by atoms with Gasteiger partial charge in [0.1, 0.15) is 0 Å². The summed E-state index contributed by atoms with van der Waals surface area (Å²) in [6.45, 7) is 11.9. The van der Waals surface area contributed by atoms with Crippen molar-refractivity contribution in [2.75, 3.05) is 13.1 Å². The van der Waals surface area contributed by atoms with E-state index in [9.17, 15) is 0 Å². The van der Waals surface area contributed by atoms with E-state index in [1.54, 1.807) is 4.88 Å². The van der Waals surface area contributed by atoms with Gasteiger partial charge in [-0.2, -0.15) is 0 Å². The fraction of sp³-hybridized carbons (Fsp3) is 0.778. The summed E-state index contributed by atoms with van der Waals surface area (Å²) in [4.78, 5) is 4.38. The van der Waals surface area contributed by atoms with Crippen LogP contribution in [0.4, 0.5) is 0 Å². The number of piperazine rings is 1. The largest absolute Gasteiger partial charge is 0.311 e. The van der Waals surface area contributed by atoms with Crippen molar-refractivity contribution in [2.45, 2.75) is 58.7 Å². The van der Waals surface area contributed by atoms with Crippen LogP contribution in [0.1, 0.15) is 51.5 Å². The van der Waals surface area contributed by atoms with Crippen LogP contribution in [0.3, 0.4) is 0 Å². The van der Waals surface area contributed by atoms with Gasteiger partial charge in [-0.25, -0.2) is 0 Å². The number of thiophene rings is 1. The monoisotopic (exact) mass is 306 g/mol. The molecule has 2 nitrogen and oxygen atoms in total. The summed E-state index contributed by atoms with van der Waals surface area (Å²) in [5.41, 5.74) is 0. The van der Waals surface area contributed by atoms with E-state index in [-0.39, 0.29) is 0 Å². The van der Waals surface area contributed by atoms with Gasteiger partial charge in [0.25, 0.3) is 0 Å². The topological polar surface area (TPSA) is 15.3 Å². The third-order valence-corrected chi connectivity index (χ3v) is 6.15. The van der Waals surface area contributed by atoms with Crippen molar-refractivity contribution in [3.63, 3.8) is 0 Å². The second-order valence-corrected chi connectivity index (χ2v) is 8.54. The minimum atomic E-state index is 0.584. The van der Waals surface area contributed by atoms with E-state index in [1.165, 1.54) is 19.4 Å². The van der Waals surface area contributed by atoms with E-state index < -0.39 is 0 Å². The molecular weight excluding hydrogens is 276 g/mol. The van der Waals surface area contributed by atoms with Gasteiger partial charge in [0.15, 0.2) is 0 Å². The van der Waals surface area contributed by atoms with Crippen molar-refractivity contribution >= 4 is 11.3 Å². The van der Waals surface area contributed by atoms with Crippen molar-refractivity contribution in [1.82, 2.24) is 10.2 Å². The molecule has 2 aliphatic rings. The molecule has 0 bridgehead atoms. The molecule has 1 aromatic heterocycles. The minimum Gasteiger partial charge on any atom is -0.311 e. The zero-order valence-electron chi connectivity index (χ0n) is 13.9. The fourth-order valence-corrected chi connectivity index (χ4v) is 4.92. The van der Waals surface area contributed by atoms with E-state index in [2.05, 4.69) is 55.4 Å². The number of rotatable bonds is 5. The Morgan fingerprint density at radius 1 is 1.24 bits per heavy atom. The molecule has 1 saturated carbocycles. The lowest BCUT2D eigenvalue weighted by atomic mass is 9.91. The molecule has 0 aromatic carbocycles. The summed E-state index contributed by atoms with van der Waals surface area (Å²) in [6.07, 6.45) is 2.87. The quantitative estimate of drug-likeness (QED) is 0.879. The summed E-state index contributed by atoms with van der Waals surface area (Å²) < 4.78 is 0. The first-order chi connectivity index (χ1) is 10.1. The molecule has 0 spiro atoms. The molecule has 0 amide bonds. The molecule has 21 heavy (non-hydrogen) atoms. The Labute approximate surface area is 133 Å². The van der Waals surface area contributed by atoms with Crippen LogP contribution in [0.5, 0.6) is 0 Å². The van der Waals surface area contributed by atoms with Crippen molar-refractivity contribution in [1.29, 1.82) is 0 Å². The first-order valence-corrected chi connectivity index (χ1v) is 9.48. The normalized spacial score (nSPS) is 29.2. The number of hydrogen-bond donors (Lipinski definition) is 1. The van der Waals surface area contributed by atoms with Gasteiger partial charge in [0, 0.05) is 36.1 Å². The molecule has 3 atom stereocenters. The maximum atomic E-state index is 3.84. The maximum Gasteiger partial charge on any atom is 0.0468 e. The van der Waals surface area contributed by atoms with E-state index in [1.807, 2.05) is 11.3 Å². The van der Waals surface area contributed by atoms with Crippen LogP contribution in [-0.4, -0.2) is 30.1 Å². The third kappa shape index (κ3) is 3.35. The summed E-state index contributed by atoms with van der Waals surface area (Å²) in [7, 11) is 0. The van der Waals surface area contributed by atoms with Crippen molar-refractivity contribution in [2.24, 2.45) is 17.8 Å². The first-order valence-electron chi connectivity index (χ1n) is 8.60. The summed E-state index contributed by atoms with van der Waals surface area (Å²) in [6, 6.07) is 6.51. The molecule has 1 saturated heterocycles. The van der Waals surface area contributed by atoms with E-state index in [0.717, 1.165) is 18.5 Å². The Morgan fingerprint density at radius 2 is 2.00 bits per heavy atom. The van der Waals surface area contributed by atoms with Crippen LogP contribution in [0.2, 0.25) is 0 Å². The minimum absolute atomic E-state index is 0.584. The first kappa shape index (κ1) is 15.5. The predicted octanol–water partition coefficient (Wildman–Crippen LogP) is 4.15. The molecular formula is C18H30N2S. The lowest BCUT2D eigenvalue weighted by molar-refractivity contribution is 0.0323. The van der Waals surface area contributed by atoms with Gasteiger partial charge >= 0.3 is 0 Å². The summed E-state index contributed by atoms with van der Waals surface area (Å²) >= 11 is 1.93. The highest BCUT2D eigenvalue weighted by Gasteiger charge is 2.41. The molecule has 3 rings (SSSR count). The molecule has 2 heterocycles. The Balaban J connectivity index is 1.84. The average Bonchev–Trinajstić information content (AvgIpc) is 3.16. The smallest absolute Gasteiger partial charge is 0.0468 e. The van der Waals surface area contributed by atoms with Gasteiger partial charge in [-0.1, -0.05) is 33.8 Å². The van der Waals surface area contributed by atoms with Crippen LogP contribution in [0, 0.1) is 17.8 Å².